The Morgan fingerprint density at radius 1 is 0.917 bits per heavy atom. The number of rotatable bonds is 4. The van der Waals surface area contributed by atoms with Crippen molar-refractivity contribution in [1.82, 2.24) is 14.7 Å². The number of sulfonamides is 1. The van der Waals surface area contributed by atoms with Crippen molar-refractivity contribution in [2.45, 2.75) is 18.4 Å². The van der Waals surface area contributed by atoms with Gasteiger partial charge in [-0.25, -0.2) is 13.1 Å². The zero-order valence-electron chi connectivity index (χ0n) is 12.8. The molecule has 0 amide bonds. The molecule has 1 heterocycles. The van der Waals surface area contributed by atoms with Gasteiger partial charge in [-0.15, -0.1) is 0 Å². The third kappa shape index (κ3) is 3.29. The summed E-state index contributed by atoms with van der Waals surface area (Å²) >= 11 is 0. The molecule has 0 radical (unpaired) electrons. The Morgan fingerprint density at radius 3 is 2.21 bits per heavy atom. The Hall–Kier alpha value is -2.71. The number of aromatic nitrogens is 2. The van der Waals surface area contributed by atoms with Gasteiger partial charge in [0.2, 0.25) is 10.0 Å². The molecule has 0 fully saturated rings. The lowest BCUT2D eigenvalue weighted by molar-refractivity contribution is 0.581. The fourth-order valence-corrected chi connectivity index (χ4v) is 3.27. The molecule has 0 atom stereocenters. The molecule has 0 aliphatic carbocycles. The Bertz CT molecular complexity index is 1110. The average Bonchev–Trinajstić information content (AvgIpc) is 2.55. The Kier molecular flexibility index (Phi) is 4.08. The third-order valence-electron chi connectivity index (χ3n) is 3.59. The average molecular weight is 345 g/mol. The summed E-state index contributed by atoms with van der Waals surface area (Å²) in [6.45, 7) is 2.11. The minimum atomic E-state index is -3.75. The first-order valence-electron chi connectivity index (χ1n) is 7.17. The maximum absolute atomic E-state index is 12.4. The zero-order chi connectivity index (χ0) is 17.3. The molecule has 3 aromatic rings. The van der Waals surface area contributed by atoms with Gasteiger partial charge in [-0.1, -0.05) is 29.8 Å². The highest BCUT2D eigenvalue weighted by atomic mass is 32.2. The molecule has 3 N–H and O–H groups in total. The van der Waals surface area contributed by atoms with Crippen LogP contribution in [-0.4, -0.2) is 18.4 Å². The summed E-state index contributed by atoms with van der Waals surface area (Å²) in [5.74, 6) is 0. The second-order valence-corrected chi connectivity index (χ2v) is 7.19. The first-order chi connectivity index (χ1) is 11.3. The van der Waals surface area contributed by atoms with E-state index >= 15 is 0 Å². The fraction of sp³-hybridized carbons (Fsp3) is 0.125. The lowest BCUT2D eigenvalue weighted by atomic mass is 10.2. The standard InChI is InChI=1S/C16H15N3O4S/c1-10-2-4-11(5-3-10)9-17-24(22,23)12-6-7-13-14(8-12)19-16(21)15(20)18-13/h2-8,17H,9H2,1H3,(H,18,20)(H,19,21). The van der Waals surface area contributed by atoms with Gasteiger partial charge in [-0.2, -0.15) is 0 Å². The van der Waals surface area contributed by atoms with E-state index in [1.54, 1.807) is 0 Å². The minimum absolute atomic E-state index is 0.00445. The third-order valence-corrected chi connectivity index (χ3v) is 4.99. The molecule has 0 aliphatic rings. The molecule has 0 saturated carbocycles. The highest BCUT2D eigenvalue weighted by Gasteiger charge is 2.15. The smallest absolute Gasteiger partial charge is 0.314 e. The largest absolute Gasteiger partial charge is 0.316 e. The molecule has 0 unspecified atom stereocenters. The molecule has 0 saturated heterocycles. The van der Waals surface area contributed by atoms with Crippen molar-refractivity contribution < 1.29 is 8.42 Å². The predicted octanol–water partition coefficient (Wildman–Crippen LogP) is 1.00. The maximum Gasteiger partial charge on any atom is 0.314 e. The van der Waals surface area contributed by atoms with Gasteiger partial charge in [0.05, 0.1) is 15.9 Å². The van der Waals surface area contributed by atoms with Crippen LogP contribution in [0, 0.1) is 6.92 Å². The van der Waals surface area contributed by atoms with E-state index in [1.807, 2.05) is 31.2 Å². The second-order valence-electron chi connectivity index (χ2n) is 5.43. The molecule has 0 bridgehead atoms. The highest BCUT2D eigenvalue weighted by molar-refractivity contribution is 7.89. The van der Waals surface area contributed by atoms with Crippen LogP contribution in [0.3, 0.4) is 0 Å². The van der Waals surface area contributed by atoms with Crippen LogP contribution in [0.2, 0.25) is 0 Å². The van der Waals surface area contributed by atoms with E-state index in [-0.39, 0.29) is 17.0 Å². The van der Waals surface area contributed by atoms with Crippen LogP contribution in [0.1, 0.15) is 11.1 Å². The number of hydrogen-bond acceptors (Lipinski definition) is 4. The number of fused-ring (bicyclic) bond motifs is 1. The lowest BCUT2D eigenvalue weighted by Crippen LogP contribution is -2.29. The van der Waals surface area contributed by atoms with Crippen molar-refractivity contribution in [3.05, 3.63) is 74.3 Å². The number of nitrogens with one attached hydrogen (secondary N) is 3. The van der Waals surface area contributed by atoms with Crippen molar-refractivity contribution >= 4 is 21.1 Å². The van der Waals surface area contributed by atoms with Crippen molar-refractivity contribution in [1.29, 1.82) is 0 Å². The van der Waals surface area contributed by atoms with E-state index in [2.05, 4.69) is 14.7 Å². The maximum atomic E-state index is 12.4. The lowest BCUT2D eigenvalue weighted by Gasteiger charge is -2.08. The van der Waals surface area contributed by atoms with Gasteiger partial charge in [0, 0.05) is 6.54 Å². The number of hydrogen-bond donors (Lipinski definition) is 3. The van der Waals surface area contributed by atoms with Crippen LogP contribution in [-0.2, 0) is 16.6 Å². The summed E-state index contributed by atoms with van der Waals surface area (Å²) in [6.07, 6.45) is 0. The van der Waals surface area contributed by atoms with E-state index in [0.29, 0.717) is 5.52 Å². The fourth-order valence-electron chi connectivity index (χ4n) is 2.23. The second kappa shape index (κ2) is 6.06. The topological polar surface area (TPSA) is 112 Å². The van der Waals surface area contributed by atoms with Crippen LogP contribution in [0.4, 0.5) is 0 Å². The minimum Gasteiger partial charge on any atom is -0.316 e. The number of H-pyrrole nitrogens is 2. The van der Waals surface area contributed by atoms with Crippen molar-refractivity contribution in [3.8, 4) is 0 Å². The van der Waals surface area contributed by atoms with Gasteiger partial charge >= 0.3 is 11.1 Å². The molecule has 7 nitrogen and oxygen atoms in total. The van der Waals surface area contributed by atoms with Gasteiger partial charge < -0.3 is 9.97 Å². The Balaban J connectivity index is 1.90. The molecule has 0 spiro atoms. The normalized spacial score (nSPS) is 11.7. The van der Waals surface area contributed by atoms with Crippen LogP contribution in [0.15, 0.2) is 56.9 Å². The molecule has 24 heavy (non-hydrogen) atoms. The molecular weight excluding hydrogens is 330 g/mol. The summed E-state index contributed by atoms with van der Waals surface area (Å²) in [7, 11) is -3.75. The van der Waals surface area contributed by atoms with E-state index < -0.39 is 21.1 Å². The van der Waals surface area contributed by atoms with Crippen LogP contribution >= 0.6 is 0 Å². The van der Waals surface area contributed by atoms with Gasteiger partial charge in [0.1, 0.15) is 0 Å². The molecule has 124 valence electrons. The molecular formula is C16H15N3O4S. The Morgan fingerprint density at radius 2 is 1.54 bits per heavy atom. The van der Waals surface area contributed by atoms with Gasteiger partial charge in [0.25, 0.3) is 0 Å². The predicted molar refractivity (Wildman–Crippen MR) is 90.4 cm³/mol. The van der Waals surface area contributed by atoms with Crippen molar-refractivity contribution in [2.24, 2.45) is 0 Å². The first-order valence-corrected chi connectivity index (χ1v) is 8.65. The van der Waals surface area contributed by atoms with Crippen molar-refractivity contribution in [2.75, 3.05) is 0 Å². The molecule has 1 aromatic heterocycles. The molecule has 0 aliphatic heterocycles. The molecule has 3 rings (SSSR count). The first kappa shape index (κ1) is 16.2. The van der Waals surface area contributed by atoms with Crippen molar-refractivity contribution in [3.63, 3.8) is 0 Å². The highest BCUT2D eigenvalue weighted by Crippen LogP contribution is 2.15. The summed E-state index contributed by atoms with van der Waals surface area (Å²) < 4.78 is 27.3. The van der Waals surface area contributed by atoms with Crippen LogP contribution < -0.4 is 15.8 Å². The van der Waals surface area contributed by atoms with E-state index in [1.165, 1.54) is 18.2 Å². The summed E-state index contributed by atoms with van der Waals surface area (Å²) in [4.78, 5) is 27.4. The van der Waals surface area contributed by atoms with Gasteiger partial charge in [0.15, 0.2) is 0 Å². The monoisotopic (exact) mass is 345 g/mol. The number of aromatic amines is 2. The number of benzene rings is 2. The van der Waals surface area contributed by atoms with Crippen LogP contribution in [0.25, 0.3) is 11.0 Å². The van der Waals surface area contributed by atoms with E-state index in [9.17, 15) is 18.0 Å². The van der Waals surface area contributed by atoms with Gasteiger partial charge in [-0.3, -0.25) is 9.59 Å². The van der Waals surface area contributed by atoms with E-state index in [0.717, 1.165) is 11.1 Å². The summed E-state index contributed by atoms with van der Waals surface area (Å²) in [5, 5.41) is 0. The number of aryl methyl sites for hydroxylation is 1. The SMILES string of the molecule is Cc1ccc(CNS(=O)(=O)c2ccc3[nH]c(=O)c(=O)[nH]c3c2)cc1. The summed E-state index contributed by atoms with van der Waals surface area (Å²) in [6, 6.07) is 11.6. The molecule has 8 heteroatoms. The summed E-state index contributed by atoms with van der Waals surface area (Å²) in [5.41, 5.74) is 0.923. The quantitative estimate of drug-likeness (QED) is 0.612. The van der Waals surface area contributed by atoms with Crippen LogP contribution in [0.5, 0.6) is 0 Å². The Labute approximate surface area is 137 Å². The van der Waals surface area contributed by atoms with Gasteiger partial charge in [-0.05, 0) is 30.7 Å². The van der Waals surface area contributed by atoms with E-state index in [4.69, 9.17) is 0 Å². The molecule has 2 aromatic carbocycles. The zero-order valence-corrected chi connectivity index (χ0v) is 13.6.